The van der Waals surface area contributed by atoms with E-state index >= 15 is 0 Å². The molecular weight excluding hydrogens is 446 g/mol. The van der Waals surface area contributed by atoms with Gasteiger partial charge in [-0.25, -0.2) is 4.79 Å². The largest absolute Gasteiger partial charge is 0.452 e. The lowest BCUT2D eigenvalue weighted by atomic mass is 9.96. The molecule has 0 atom stereocenters. The van der Waals surface area contributed by atoms with Crippen LogP contribution in [0.2, 0.25) is 0 Å². The second-order valence-corrected chi connectivity index (χ2v) is 8.09. The maximum absolute atomic E-state index is 13.1. The number of hydrogen-bond acceptors (Lipinski definition) is 5. The van der Waals surface area contributed by atoms with Crippen LogP contribution in [0.1, 0.15) is 28.5 Å². The highest BCUT2D eigenvalue weighted by Gasteiger charge is 2.26. The van der Waals surface area contributed by atoms with Crippen LogP contribution in [0.15, 0.2) is 53.0 Å². The quantitative estimate of drug-likeness (QED) is 0.570. The van der Waals surface area contributed by atoms with Gasteiger partial charge in [0.25, 0.3) is 5.91 Å². The zero-order chi connectivity index (χ0) is 21.1. The second-order valence-electron chi connectivity index (χ2n) is 7.18. The Morgan fingerprint density at radius 3 is 2.70 bits per heavy atom. The van der Waals surface area contributed by atoms with E-state index in [1.807, 2.05) is 36.4 Å². The molecule has 3 aromatic rings. The molecular formula is C23H22BrN3O3. The number of ether oxygens (including phenoxy) is 1. The number of likely N-dealkylation sites (N-methyl/N-ethyl adjacent to an activating group) is 1. The van der Waals surface area contributed by atoms with Crippen molar-refractivity contribution in [3.05, 3.63) is 69.8 Å². The first-order chi connectivity index (χ1) is 14.5. The average Bonchev–Trinajstić information content (AvgIpc) is 2.77. The molecule has 1 aliphatic heterocycles. The molecule has 2 aromatic carbocycles. The Morgan fingerprint density at radius 2 is 1.93 bits per heavy atom. The molecule has 0 saturated carbocycles. The first-order valence-electron chi connectivity index (χ1n) is 9.90. The summed E-state index contributed by atoms with van der Waals surface area (Å²) in [5.74, 6) is -0.873. The number of nitrogens with one attached hydrogen (secondary N) is 1. The number of pyridine rings is 1. The van der Waals surface area contributed by atoms with Crippen molar-refractivity contribution in [2.45, 2.75) is 19.9 Å². The van der Waals surface area contributed by atoms with Gasteiger partial charge < -0.3 is 10.1 Å². The molecule has 154 valence electrons. The fourth-order valence-electron chi connectivity index (χ4n) is 3.68. The third kappa shape index (κ3) is 4.37. The van der Waals surface area contributed by atoms with E-state index in [-0.39, 0.29) is 12.5 Å². The first kappa shape index (κ1) is 20.5. The van der Waals surface area contributed by atoms with Crippen molar-refractivity contribution in [3.63, 3.8) is 0 Å². The van der Waals surface area contributed by atoms with Crippen molar-refractivity contribution in [1.82, 2.24) is 9.88 Å². The lowest BCUT2D eigenvalue weighted by Crippen LogP contribution is -2.32. The molecule has 1 aliphatic rings. The van der Waals surface area contributed by atoms with Gasteiger partial charge in [0.2, 0.25) is 0 Å². The highest BCUT2D eigenvalue weighted by molar-refractivity contribution is 9.10. The molecule has 0 unspecified atom stereocenters. The Hall–Kier alpha value is -2.77. The Morgan fingerprint density at radius 1 is 1.17 bits per heavy atom. The molecule has 6 nitrogen and oxygen atoms in total. The molecule has 0 radical (unpaired) electrons. The number of nitrogens with zero attached hydrogens (tertiary/aromatic N) is 2. The van der Waals surface area contributed by atoms with Gasteiger partial charge >= 0.3 is 5.97 Å². The fourth-order valence-corrected chi connectivity index (χ4v) is 3.95. The predicted octanol–water partition coefficient (Wildman–Crippen LogP) is 4.17. The number of amides is 1. The van der Waals surface area contributed by atoms with Crippen molar-refractivity contribution in [3.8, 4) is 0 Å². The van der Waals surface area contributed by atoms with Crippen molar-refractivity contribution in [1.29, 1.82) is 0 Å². The maximum Gasteiger partial charge on any atom is 0.339 e. The molecule has 1 N–H and O–H groups in total. The standard InChI is InChI=1S/C23H22BrN3O3/c1-2-27-12-11-20-18(13-27)22(17-5-3-4-6-19(17)26-20)23(29)30-14-21(28)25-16-9-7-15(24)8-10-16/h3-10H,2,11-14H2,1H3,(H,25,28). The van der Waals surface area contributed by atoms with Gasteiger partial charge in [-0.05, 0) is 36.9 Å². The van der Waals surface area contributed by atoms with Gasteiger partial charge in [0, 0.05) is 46.3 Å². The monoisotopic (exact) mass is 467 g/mol. The minimum atomic E-state index is -0.492. The molecule has 1 aromatic heterocycles. The van der Waals surface area contributed by atoms with E-state index in [4.69, 9.17) is 9.72 Å². The normalized spacial score (nSPS) is 13.7. The van der Waals surface area contributed by atoms with Gasteiger partial charge in [-0.15, -0.1) is 0 Å². The number of carbonyl (C=O) groups is 2. The van der Waals surface area contributed by atoms with Crippen molar-refractivity contribution in [2.24, 2.45) is 0 Å². The minimum Gasteiger partial charge on any atom is -0.452 e. The SMILES string of the molecule is CCN1CCc2nc3ccccc3c(C(=O)OCC(=O)Nc3ccc(Br)cc3)c2C1. The van der Waals surface area contributed by atoms with Crippen LogP contribution in [-0.4, -0.2) is 41.5 Å². The summed E-state index contributed by atoms with van der Waals surface area (Å²) in [6.07, 6.45) is 0.790. The topological polar surface area (TPSA) is 71.5 Å². The van der Waals surface area contributed by atoms with Crippen molar-refractivity contribution in [2.75, 3.05) is 25.0 Å². The highest BCUT2D eigenvalue weighted by Crippen LogP contribution is 2.28. The van der Waals surface area contributed by atoms with E-state index in [9.17, 15) is 9.59 Å². The summed E-state index contributed by atoms with van der Waals surface area (Å²) in [6, 6.07) is 14.8. The average molecular weight is 468 g/mol. The lowest BCUT2D eigenvalue weighted by molar-refractivity contribution is -0.119. The molecule has 0 bridgehead atoms. The van der Waals surface area contributed by atoms with Crippen LogP contribution in [0, 0.1) is 0 Å². The van der Waals surface area contributed by atoms with Gasteiger partial charge in [-0.1, -0.05) is 41.1 Å². The third-order valence-corrected chi connectivity index (χ3v) is 5.77. The number of benzene rings is 2. The van der Waals surface area contributed by atoms with Gasteiger partial charge in [0.05, 0.1) is 11.1 Å². The van der Waals surface area contributed by atoms with Crippen LogP contribution in [0.3, 0.4) is 0 Å². The number of carbonyl (C=O) groups excluding carboxylic acids is 2. The van der Waals surface area contributed by atoms with Gasteiger partial charge in [0.1, 0.15) is 0 Å². The van der Waals surface area contributed by atoms with Gasteiger partial charge in [0.15, 0.2) is 6.61 Å². The van der Waals surface area contributed by atoms with Crippen LogP contribution in [-0.2, 0) is 22.5 Å². The van der Waals surface area contributed by atoms with Crippen LogP contribution < -0.4 is 5.32 Å². The molecule has 0 aliphatic carbocycles. The lowest BCUT2D eigenvalue weighted by Gasteiger charge is -2.28. The van der Waals surface area contributed by atoms with Crippen LogP contribution in [0.5, 0.6) is 0 Å². The number of halogens is 1. The molecule has 7 heteroatoms. The summed E-state index contributed by atoms with van der Waals surface area (Å²) in [7, 11) is 0. The Bertz CT molecular complexity index is 1100. The molecule has 0 spiro atoms. The minimum absolute atomic E-state index is 0.349. The third-order valence-electron chi connectivity index (χ3n) is 5.24. The van der Waals surface area contributed by atoms with Crippen molar-refractivity contribution >= 4 is 44.4 Å². The molecule has 2 heterocycles. The number of para-hydroxylation sites is 1. The maximum atomic E-state index is 13.1. The molecule has 1 amide bonds. The second kappa shape index (κ2) is 8.93. The summed E-state index contributed by atoms with van der Waals surface area (Å²) < 4.78 is 6.34. The van der Waals surface area contributed by atoms with E-state index in [0.717, 1.165) is 46.1 Å². The zero-order valence-electron chi connectivity index (χ0n) is 16.7. The van der Waals surface area contributed by atoms with Gasteiger partial charge in [-0.2, -0.15) is 0 Å². The summed E-state index contributed by atoms with van der Waals surface area (Å²) >= 11 is 3.36. The number of aromatic nitrogens is 1. The number of esters is 1. The molecule has 4 rings (SSSR count). The van der Waals surface area contributed by atoms with Crippen molar-refractivity contribution < 1.29 is 14.3 Å². The van der Waals surface area contributed by atoms with E-state index in [0.29, 0.717) is 17.8 Å². The molecule has 30 heavy (non-hydrogen) atoms. The fraction of sp³-hybridized carbons (Fsp3) is 0.261. The summed E-state index contributed by atoms with van der Waals surface area (Å²) in [5, 5.41) is 3.49. The van der Waals surface area contributed by atoms with Crippen LogP contribution >= 0.6 is 15.9 Å². The first-order valence-corrected chi connectivity index (χ1v) is 10.7. The van der Waals surface area contributed by atoms with Gasteiger partial charge in [-0.3, -0.25) is 14.7 Å². The summed E-state index contributed by atoms with van der Waals surface area (Å²) in [6.45, 7) is 4.22. The Kier molecular flexibility index (Phi) is 6.11. The van der Waals surface area contributed by atoms with E-state index in [1.54, 1.807) is 12.1 Å². The Labute approximate surface area is 183 Å². The van der Waals surface area contributed by atoms with Crippen LogP contribution in [0.4, 0.5) is 5.69 Å². The molecule has 0 saturated heterocycles. The van der Waals surface area contributed by atoms with E-state index in [2.05, 4.69) is 33.1 Å². The van der Waals surface area contributed by atoms with E-state index in [1.165, 1.54) is 0 Å². The smallest absolute Gasteiger partial charge is 0.339 e. The number of hydrogen-bond donors (Lipinski definition) is 1. The summed E-state index contributed by atoms with van der Waals surface area (Å²) in [5.41, 5.74) is 3.77. The number of rotatable bonds is 5. The summed E-state index contributed by atoms with van der Waals surface area (Å²) in [4.78, 5) is 32.4. The molecule has 0 fully saturated rings. The van der Waals surface area contributed by atoms with Crippen LogP contribution in [0.25, 0.3) is 10.9 Å². The number of fused-ring (bicyclic) bond motifs is 2. The Balaban J connectivity index is 1.56. The number of anilines is 1. The van der Waals surface area contributed by atoms with E-state index < -0.39 is 5.97 Å². The zero-order valence-corrected chi connectivity index (χ0v) is 18.2. The highest BCUT2D eigenvalue weighted by atomic mass is 79.9. The predicted molar refractivity (Wildman–Crippen MR) is 119 cm³/mol.